The van der Waals surface area contributed by atoms with E-state index in [1.807, 2.05) is 6.92 Å². The molecule has 0 heterocycles. The minimum Gasteiger partial charge on any atom is -0.462 e. The van der Waals surface area contributed by atoms with Gasteiger partial charge >= 0.3 is 39.5 Å². The number of hydrogen-bond acceptors (Lipinski definition) is 15. The zero-order valence-corrected chi connectivity index (χ0v) is 47.2. The van der Waals surface area contributed by atoms with Gasteiger partial charge in [-0.3, -0.25) is 37.3 Å². The van der Waals surface area contributed by atoms with Crippen molar-refractivity contribution in [3.63, 3.8) is 0 Å². The molecule has 0 aromatic rings. The number of phosphoric ester groups is 2. The number of phosphoric acid groups is 2. The van der Waals surface area contributed by atoms with Gasteiger partial charge in [-0.05, 0) is 25.7 Å². The Balaban J connectivity index is 5.04. The Kier molecular flexibility index (Phi) is 47.4. The second kappa shape index (κ2) is 48.7. The van der Waals surface area contributed by atoms with E-state index in [1.54, 1.807) is 0 Å². The van der Waals surface area contributed by atoms with Crippen LogP contribution in [0.25, 0.3) is 0 Å². The Morgan fingerprint density at radius 3 is 0.847 bits per heavy atom. The van der Waals surface area contributed by atoms with Crippen LogP contribution in [-0.2, 0) is 65.4 Å². The third kappa shape index (κ3) is 47.8. The van der Waals surface area contributed by atoms with Crippen molar-refractivity contribution in [3.8, 4) is 0 Å². The largest absolute Gasteiger partial charge is 0.472 e. The van der Waals surface area contributed by atoms with E-state index in [-0.39, 0.29) is 25.7 Å². The number of esters is 4. The predicted octanol–water partition coefficient (Wildman–Crippen LogP) is 13.6. The van der Waals surface area contributed by atoms with Crippen molar-refractivity contribution in [1.82, 2.24) is 0 Å². The Morgan fingerprint density at radius 1 is 0.333 bits per heavy atom. The van der Waals surface area contributed by atoms with Gasteiger partial charge in [0.25, 0.3) is 0 Å². The minimum atomic E-state index is -4.93. The summed E-state index contributed by atoms with van der Waals surface area (Å²) in [5.74, 6) is -2.19. The molecular formula is C53H102O17P2. The summed E-state index contributed by atoms with van der Waals surface area (Å²) in [6, 6.07) is 0. The summed E-state index contributed by atoms with van der Waals surface area (Å²) in [4.78, 5) is 70.9. The van der Waals surface area contributed by atoms with Crippen LogP contribution in [0.3, 0.4) is 0 Å². The van der Waals surface area contributed by atoms with Gasteiger partial charge < -0.3 is 33.8 Å². The van der Waals surface area contributed by atoms with Gasteiger partial charge in [-0.1, -0.05) is 207 Å². The van der Waals surface area contributed by atoms with Crippen LogP contribution in [0, 0.1) is 0 Å². The first-order valence-corrected chi connectivity index (χ1v) is 31.3. The van der Waals surface area contributed by atoms with Crippen molar-refractivity contribution in [2.45, 2.75) is 277 Å². The molecule has 0 fully saturated rings. The Labute approximate surface area is 435 Å². The fraction of sp³-hybridized carbons (Fsp3) is 0.925. The van der Waals surface area contributed by atoms with Gasteiger partial charge in [-0.15, -0.1) is 0 Å². The van der Waals surface area contributed by atoms with Crippen LogP contribution < -0.4 is 0 Å². The van der Waals surface area contributed by atoms with E-state index in [0.717, 1.165) is 83.5 Å². The van der Waals surface area contributed by atoms with Crippen LogP contribution in [0.4, 0.5) is 0 Å². The Morgan fingerprint density at radius 2 is 0.556 bits per heavy atom. The van der Waals surface area contributed by atoms with E-state index in [2.05, 4.69) is 20.8 Å². The van der Waals surface area contributed by atoms with Crippen LogP contribution in [-0.4, -0.2) is 96.7 Å². The minimum absolute atomic E-state index is 0.0981. The Bertz CT molecular complexity index is 1420. The molecule has 5 atom stereocenters. The molecule has 0 bridgehead atoms. The van der Waals surface area contributed by atoms with Crippen LogP contribution in [0.1, 0.15) is 259 Å². The zero-order valence-electron chi connectivity index (χ0n) is 45.4. The van der Waals surface area contributed by atoms with E-state index < -0.39 is 97.5 Å². The summed E-state index contributed by atoms with van der Waals surface area (Å²) < 4.78 is 66.9. The quantitative estimate of drug-likeness (QED) is 0.0222. The number of aliphatic hydroxyl groups excluding tert-OH is 1. The third-order valence-corrected chi connectivity index (χ3v) is 14.0. The molecular weight excluding hydrogens is 971 g/mol. The number of hydrogen-bond donors (Lipinski definition) is 3. The average molecular weight is 1070 g/mol. The van der Waals surface area contributed by atoms with Gasteiger partial charge in [-0.25, -0.2) is 9.13 Å². The van der Waals surface area contributed by atoms with E-state index in [0.29, 0.717) is 25.7 Å². The summed E-state index contributed by atoms with van der Waals surface area (Å²) in [5.41, 5.74) is 0. The first-order valence-electron chi connectivity index (χ1n) is 28.3. The zero-order chi connectivity index (χ0) is 53.4. The van der Waals surface area contributed by atoms with Gasteiger partial charge in [0.05, 0.1) is 26.4 Å². The highest BCUT2D eigenvalue weighted by Crippen LogP contribution is 2.45. The average Bonchev–Trinajstić information content (AvgIpc) is 3.35. The van der Waals surface area contributed by atoms with E-state index in [1.165, 1.54) is 96.3 Å². The molecule has 0 radical (unpaired) electrons. The molecule has 0 aliphatic carbocycles. The van der Waals surface area contributed by atoms with Gasteiger partial charge in [0, 0.05) is 25.7 Å². The van der Waals surface area contributed by atoms with Crippen molar-refractivity contribution >= 4 is 39.5 Å². The molecule has 0 amide bonds. The normalized spacial score (nSPS) is 14.5. The lowest BCUT2D eigenvalue weighted by molar-refractivity contribution is -0.161. The lowest BCUT2D eigenvalue weighted by atomic mass is 10.0. The first kappa shape index (κ1) is 70.1. The number of carbonyl (C=O) groups is 4. The first-order chi connectivity index (χ1) is 34.7. The molecule has 2 unspecified atom stereocenters. The summed E-state index contributed by atoms with van der Waals surface area (Å²) in [6.45, 7) is 4.52. The molecule has 0 aliphatic rings. The van der Waals surface area contributed by atoms with Crippen molar-refractivity contribution in [2.75, 3.05) is 39.6 Å². The number of aliphatic hydroxyl groups is 1. The number of ether oxygens (including phenoxy) is 4. The fourth-order valence-corrected chi connectivity index (χ4v) is 9.27. The topological polar surface area (TPSA) is 237 Å². The predicted molar refractivity (Wildman–Crippen MR) is 280 cm³/mol. The third-order valence-electron chi connectivity index (χ3n) is 12.1. The number of unbranched alkanes of at least 4 members (excludes halogenated alkanes) is 28. The summed E-state index contributed by atoms with van der Waals surface area (Å²) in [5, 5.41) is 10.4. The van der Waals surface area contributed by atoms with Gasteiger partial charge in [0.1, 0.15) is 19.3 Å². The van der Waals surface area contributed by atoms with Gasteiger partial charge in [0.15, 0.2) is 12.2 Å². The second-order valence-corrected chi connectivity index (χ2v) is 22.2. The molecule has 19 heteroatoms. The highest BCUT2D eigenvalue weighted by atomic mass is 31.2. The maximum absolute atomic E-state index is 12.8. The molecule has 0 rings (SSSR count). The SMILES string of the molecule is CCCCCCCCCCCCCCCCCC(=O)OC[C@H](COP(=O)(O)OC[C@H](O)COP(=O)(O)OC[C@@H](COC(=O)CCCCC)OC(=O)CCCCCCC)OC(=O)CCCCCCCCCCC. The van der Waals surface area contributed by atoms with Crippen LogP contribution in [0.5, 0.6) is 0 Å². The molecule has 0 aliphatic heterocycles. The van der Waals surface area contributed by atoms with Gasteiger partial charge in [-0.2, -0.15) is 0 Å². The van der Waals surface area contributed by atoms with Crippen molar-refractivity contribution in [2.24, 2.45) is 0 Å². The van der Waals surface area contributed by atoms with Crippen molar-refractivity contribution in [1.29, 1.82) is 0 Å². The Hall–Kier alpha value is -1.94. The monoisotopic (exact) mass is 1070 g/mol. The molecule has 0 spiro atoms. The van der Waals surface area contributed by atoms with Crippen LogP contribution in [0.2, 0.25) is 0 Å². The molecule has 0 saturated carbocycles. The van der Waals surface area contributed by atoms with Crippen LogP contribution >= 0.6 is 15.6 Å². The fourth-order valence-electron chi connectivity index (χ4n) is 7.69. The molecule has 0 aromatic heterocycles. The van der Waals surface area contributed by atoms with Gasteiger partial charge in [0.2, 0.25) is 0 Å². The molecule has 426 valence electrons. The molecule has 17 nitrogen and oxygen atoms in total. The molecule has 72 heavy (non-hydrogen) atoms. The molecule has 0 aromatic carbocycles. The maximum atomic E-state index is 12.8. The smallest absolute Gasteiger partial charge is 0.462 e. The summed E-state index contributed by atoms with van der Waals surface area (Å²) in [6.07, 6.45) is 30.6. The molecule has 3 N–H and O–H groups in total. The number of rotatable bonds is 54. The van der Waals surface area contributed by atoms with E-state index >= 15 is 0 Å². The lowest BCUT2D eigenvalue weighted by Gasteiger charge is -2.21. The second-order valence-electron chi connectivity index (χ2n) is 19.3. The highest BCUT2D eigenvalue weighted by molar-refractivity contribution is 7.47. The summed E-state index contributed by atoms with van der Waals surface area (Å²) in [7, 11) is -9.83. The standard InChI is InChI=1S/C53H102O17P2/c1-5-9-13-16-18-20-21-22-23-24-25-27-28-31-34-38-51(56)64-44-49(70-53(58)40-36-32-29-26-19-17-14-10-6-2)46-68-72(61,62)66-42-47(54)41-65-71(59,60)67-45-48(43-63-50(55)37-33-12-8-4)69-52(57)39-35-30-15-11-7-3/h47-49,54H,5-46H2,1-4H3,(H,59,60)(H,61,62)/t47-,48-,49-/m1/s1. The van der Waals surface area contributed by atoms with E-state index in [4.69, 9.17) is 37.0 Å². The highest BCUT2D eigenvalue weighted by Gasteiger charge is 2.30. The lowest BCUT2D eigenvalue weighted by Crippen LogP contribution is -2.30. The molecule has 0 saturated heterocycles. The van der Waals surface area contributed by atoms with E-state index in [9.17, 15) is 43.2 Å². The summed E-state index contributed by atoms with van der Waals surface area (Å²) >= 11 is 0. The van der Waals surface area contributed by atoms with Crippen molar-refractivity contribution in [3.05, 3.63) is 0 Å². The number of carbonyl (C=O) groups excluding carboxylic acids is 4. The van der Waals surface area contributed by atoms with Crippen LogP contribution in [0.15, 0.2) is 0 Å². The van der Waals surface area contributed by atoms with Crippen molar-refractivity contribution < 1.29 is 80.2 Å². The maximum Gasteiger partial charge on any atom is 0.472 e.